The molecule has 9 heteroatoms. The minimum Gasteiger partial charge on any atom is -0.483 e. The molecule has 0 unspecified atom stereocenters. The number of amides is 2. The summed E-state index contributed by atoms with van der Waals surface area (Å²) < 4.78 is 10.6. The summed E-state index contributed by atoms with van der Waals surface area (Å²) in [5, 5.41) is 0. The normalized spacial score (nSPS) is 17.2. The molecular weight excluding hydrogens is 398 g/mol. The number of aromatic nitrogens is 2. The van der Waals surface area contributed by atoms with Crippen LogP contribution in [-0.4, -0.2) is 84.6 Å². The van der Waals surface area contributed by atoms with E-state index in [1.54, 1.807) is 37.6 Å². The summed E-state index contributed by atoms with van der Waals surface area (Å²) in [6.45, 7) is 4.90. The molecule has 0 aliphatic carbocycles. The van der Waals surface area contributed by atoms with Gasteiger partial charge in [-0.25, -0.2) is 4.98 Å². The molecule has 0 radical (unpaired) electrons. The maximum atomic E-state index is 12.7. The van der Waals surface area contributed by atoms with Gasteiger partial charge in [0.2, 0.25) is 0 Å². The molecule has 1 aromatic heterocycles. The molecule has 1 aromatic carbocycles. The van der Waals surface area contributed by atoms with Gasteiger partial charge in [-0.05, 0) is 37.6 Å². The molecule has 2 amide bonds. The molecule has 1 fully saturated rings. The molecule has 3 heterocycles. The Morgan fingerprint density at radius 2 is 1.81 bits per heavy atom. The third-order valence-electron chi connectivity index (χ3n) is 5.62. The van der Waals surface area contributed by atoms with Crippen molar-refractivity contribution >= 4 is 17.6 Å². The Labute approximate surface area is 181 Å². The van der Waals surface area contributed by atoms with Crippen molar-refractivity contribution in [2.24, 2.45) is 0 Å². The first-order valence-electron chi connectivity index (χ1n) is 10.6. The number of para-hydroxylation sites is 1. The summed E-state index contributed by atoms with van der Waals surface area (Å²) in [6.07, 6.45) is 3.40. The molecule has 9 nitrogen and oxygen atoms in total. The van der Waals surface area contributed by atoms with Gasteiger partial charge in [0.15, 0.2) is 6.61 Å². The number of imide groups is 1. The predicted molar refractivity (Wildman–Crippen MR) is 114 cm³/mol. The van der Waals surface area contributed by atoms with Gasteiger partial charge in [-0.1, -0.05) is 12.1 Å². The van der Waals surface area contributed by atoms with E-state index < -0.39 is 0 Å². The fraction of sp³-hybridized carbons (Fsp3) is 0.455. The average Bonchev–Trinajstić information content (AvgIpc) is 2.94. The largest absolute Gasteiger partial charge is 0.483 e. The van der Waals surface area contributed by atoms with E-state index in [1.807, 2.05) is 6.07 Å². The smallest absolute Gasteiger partial charge is 0.318 e. The fourth-order valence-electron chi connectivity index (χ4n) is 3.88. The van der Waals surface area contributed by atoms with Crippen LogP contribution in [0, 0.1) is 0 Å². The van der Waals surface area contributed by atoms with Crippen LogP contribution in [0.4, 0.5) is 5.82 Å². The lowest BCUT2D eigenvalue weighted by atomic mass is 10.1. The van der Waals surface area contributed by atoms with Crippen molar-refractivity contribution in [2.45, 2.75) is 12.8 Å². The molecule has 31 heavy (non-hydrogen) atoms. The van der Waals surface area contributed by atoms with E-state index in [-0.39, 0.29) is 18.4 Å². The zero-order valence-corrected chi connectivity index (χ0v) is 17.7. The van der Waals surface area contributed by atoms with E-state index in [4.69, 9.17) is 9.47 Å². The lowest BCUT2D eigenvalue weighted by Gasteiger charge is -2.35. The number of nitrogens with zero attached hydrogens (tertiary/aromatic N) is 5. The minimum atomic E-state index is -0.282. The van der Waals surface area contributed by atoms with Crippen LogP contribution < -0.4 is 14.4 Å². The second-order valence-corrected chi connectivity index (χ2v) is 7.57. The van der Waals surface area contributed by atoms with E-state index >= 15 is 0 Å². The summed E-state index contributed by atoms with van der Waals surface area (Å²) in [6, 6.07) is 9.29. The highest BCUT2D eigenvalue weighted by molar-refractivity contribution is 6.07. The monoisotopic (exact) mass is 425 g/mol. The van der Waals surface area contributed by atoms with Crippen LogP contribution in [0.5, 0.6) is 11.8 Å². The van der Waals surface area contributed by atoms with Crippen LogP contribution in [0.25, 0.3) is 0 Å². The Balaban J connectivity index is 1.22. The summed E-state index contributed by atoms with van der Waals surface area (Å²) in [5.41, 5.74) is 0.450. The van der Waals surface area contributed by atoms with Gasteiger partial charge in [-0.15, -0.1) is 0 Å². The molecule has 0 N–H and O–H groups in total. The maximum absolute atomic E-state index is 12.7. The molecule has 2 aliphatic heterocycles. The predicted octanol–water partition coefficient (Wildman–Crippen LogP) is 1.45. The van der Waals surface area contributed by atoms with Crippen molar-refractivity contribution in [1.82, 2.24) is 19.8 Å². The number of anilines is 1. The molecule has 0 spiro atoms. The van der Waals surface area contributed by atoms with Gasteiger partial charge in [0, 0.05) is 38.9 Å². The maximum Gasteiger partial charge on any atom is 0.318 e. The van der Waals surface area contributed by atoms with Crippen molar-refractivity contribution < 1.29 is 19.1 Å². The third-order valence-corrected chi connectivity index (χ3v) is 5.62. The summed E-state index contributed by atoms with van der Waals surface area (Å²) in [4.78, 5) is 39.5. The quantitative estimate of drug-likeness (QED) is 0.487. The van der Waals surface area contributed by atoms with Gasteiger partial charge in [0.1, 0.15) is 11.6 Å². The number of carbonyl (C=O) groups excluding carboxylic acids is 2. The van der Waals surface area contributed by atoms with Crippen LogP contribution in [0.15, 0.2) is 36.5 Å². The molecule has 2 aliphatic rings. The number of piperazine rings is 1. The van der Waals surface area contributed by atoms with Gasteiger partial charge < -0.3 is 14.4 Å². The Morgan fingerprint density at radius 3 is 2.61 bits per heavy atom. The average molecular weight is 425 g/mol. The Hall–Kier alpha value is -3.20. The van der Waals surface area contributed by atoms with Crippen molar-refractivity contribution in [1.29, 1.82) is 0 Å². The van der Waals surface area contributed by atoms with Crippen LogP contribution >= 0.6 is 0 Å². The second kappa shape index (κ2) is 9.74. The van der Waals surface area contributed by atoms with Gasteiger partial charge >= 0.3 is 6.01 Å². The van der Waals surface area contributed by atoms with Crippen molar-refractivity contribution in [3.63, 3.8) is 0 Å². The van der Waals surface area contributed by atoms with E-state index in [9.17, 15) is 9.59 Å². The molecule has 2 aromatic rings. The zero-order chi connectivity index (χ0) is 21.6. The highest BCUT2D eigenvalue weighted by Gasteiger charge is 2.29. The third kappa shape index (κ3) is 4.93. The van der Waals surface area contributed by atoms with Gasteiger partial charge in [-0.2, -0.15) is 4.98 Å². The summed E-state index contributed by atoms with van der Waals surface area (Å²) in [7, 11) is 1.57. The Kier molecular flexibility index (Phi) is 6.61. The highest BCUT2D eigenvalue weighted by Crippen LogP contribution is 2.23. The van der Waals surface area contributed by atoms with Crippen molar-refractivity contribution in [2.75, 3.05) is 57.9 Å². The molecule has 4 rings (SSSR count). The number of benzene rings is 1. The van der Waals surface area contributed by atoms with E-state index in [1.165, 1.54) is 4.90 Å². The number of fused-ring (bicyclic) bond motifs is 1. The first-order chi connectivity index (χ1) is 15.2. The molecule has 1 saturated heterocycles. The lowest BCUT2D eigenvalue weighted by molar-refractivity contribution is -0.130. The number of hydrogen-bond donors (Lipinski definition) is 0. The number of methoxy groups -OCH3 is 1. The first kappa shape index (κ1) is 21.0. The van der Waals surface area contributed by atoms with Gasteiger partial charge in [0.25, 0.3) is 11.8 Å². The van der Waals surface area contributed by atoms with Crippen molar-refractivity contribution in [3.05, 3.63) is 42.1 Å². The van der Waals surface area contributed by atoms with E-state index in [2.05, 4.69) is 19.8 Å². The van der Waals surface area contributed by atoms with Crippen LogP contribution in [0.2, 0.25) is 0 Å². The van der Waals surface area contributed by atoms with E-state index in [0.29, 0.717) is 23.9 Å². The zero-order valence-electron chi connectivity index (χ0n) is 17.7. The van der Waals surface area contributed by atoms with Crippen LogP contribution in [0.3, 0.4) is 0 Å². The molecule has 0 saturated carbocycles. The topological polar surface area (TPSA) is 88.1 Å². The summed E-state index contributed by atoms with van der Waals surface area (Å²) >= 11 is 0. The number of ether oxygens (including phenoxy) is 2. The Bertz CT molecular complexity index is 930. The molecule has 164 valence electrons. The number of carbonyl (C=O) groups is 2. The standard InChI is InChI=1S/C22H27N5O4/c1-30-22-23-9-8-19(24-22)26-14-12-25(13-15-26)10-4-5-11-27-20(28)16-31-18-7-3-2-6-17(18)21(27)29/h2-3,6-9H,4-5,10-16H2,1H3. The number of unbranched alkanes of at least 4 members (excludes halogenated alkanes) is 1. The highest BCUT2D eigenvalue weighted by atomic mass is 16.5. The van der Waals surface area contributed by atoms with Crippen LogP contribution in [0.1, 0.15) is 23.2 Å². The van der Waals surface area contributed by atoms with Gasteiger partial charge in [0.05, 0.1) is 12.7 Å². The molecule has 0 bridgehead atoms. The number of rotatable bonds is 7. The summed E-state index contributed by atoms with van der Waals surface area (Å²) in [5.74, 6) is 0.803. The first-order valence-corrected chi connectivity index (χ1v) is 10.6. The fourth-order valence-corrected chi connectivity index (χ4v) is 3.88. The van der Waals surface area contributed by atoms with Crippen LogP contribution in [-0.2, 0) is 4.79 Å². The van der Waals surface area contributed by atoms with Crippen molar-refractivity contribution in [3.8, 4) is 11.8 Å². The number of hydrogen-bond acceptors (Lipinski definition) is 8. The minimum absolute atomic E-state index is 0.0987. The van der Waals surface area contributed by atoms with E-state index in [0.717, 1.165) is 51.4 Å². The molecular formula is C22H27N5O4. The lowest BCUT2D eigenvalue weighted by Crippen LogP contribution is -2.47. The SMILES string of the molecule is COc1nccc(N2CCN(CCCCN3C(=O)COc4ccccc4C3=O)CC2)n1. The van der Waals surface area contributed by atoms with Gasteiger partial charge in [-0.3, -0.25) is 19.4 Å². The second-order valence-electron chi connectivity index (χ2n) is 7.57. The molecule has 0 atom stereocenters. The Morgan fingerprint density at radius 1 is 1.03 bits per heavy atom.